The van der Waals surface area contributed by atoms with E-state index in [1.54, 1.807) is 28.3 Å². The number of carbonyl (C=O) groups is 1. The Morgan fingerprint density at radius 2 is 2.19 bits per heavy atom. The van der Waals surface area contributed by atoms with Crippen LogP contribution in [0.1, 0.15) is 22.3 Å². The summed E-state index contributed by atoms with van der Waals surface area (Å²) in [6.45, 7) is 3.14. The molecule has 132 valence electrons. The topological polar surface area (TPSA) is 85.8 Å². The van der Waals surface area contributed by atoms with Crippen LogP contribution in [0.15, 0.2) is 46.4 Å². The van der Waals surface area contributed by atoms with Crippen LogP contribution in [-0.4, -0.2) is 25.8 Å². The number of hydrogen-bond acceptors (Lipinski definition) is 7. The van der Waals surface area contributed by atoms with Gasteiger partial charge in [-0.2, -0.15) is 10.1 Å². The first-order chi connectivity index (χ1) is 12.7. The van der Waals surface area contributed by atoms with Crippen molar-refractivity contribution in [1.29, 1.82) is 0 Å². The van der Waals surface area contributed by atoms with Crippen molar-refractivity contribution < 1.29 is 9.32 Å². The standard InChI is InChI=1S/C17H15N5O2S2/c1-2-22-8-7-12(20-22)16(23)18-10-11-5-6-14(26-11)17-19-15(21-24-17)13-4-3-9-25-13/h3-9H,2,10H2,1H3,(H,18,23). The van der Waals surface area contributed by atoms with E-state index in [1.807, 2.05) is 36.6 Å². The van der Waals surface area contributed by atoms with Gasteiger partial charge < -0.3 is 9.84 Å². The summed E-state index contributed by atoms with van der Waals surface area (Å²) < 4.78 is 7.07. The first-order valence-electron chi connectivity index (χ1n) is 8.01. The Hall–Kier alpha value is -2.78. The number of amides is 1. The zero-order chi connectivity index (χ0) is 17.9. The predicted molar refractivity (Wildman–Crippen MR) is 100.0 cm³/mol. The number of rotatable bonds is 6. The van der Waals surface area contributed by atoms with Gasteiger partial charge in [0.1, 0.15) is 5.69 Å². The summed E-state index contributed by atoms with van der Waals surface area (Å²) in [6, 6.07) is 9.48. The molecule has 0 saturated heterocycles. The number of aromatic nitrogens is 4. The van der Waals surface area contributed by atoms with Gasteiger partial charge in [0.25, 0.3) is 11.8 Å². The minimum Gasteiger partial charge on any atom is -0.346 e. The normalized spacial score (nSPS) is 11.0. The molecule has 4 rings (SSSR count). The average Bonchev–Trinajstić information content (AvgIpc) is 3.45. The second-order valence-electron chi connectivity index (χ2n) is 5.41. The molecule has 7 nitrogen and oxygen atoms in total. The Morgan fingerprint density at radius 1 is 1.27 bits per heavy atom. The molecule has 4 heterocycles. The molecule has 4 aromatic rings. The lowest BCUT2D eigenvalue weighted by atomic mass is 10.4. The molecule has 1 N–H and O–H groups in total. The first kappa shape index (κ1) is 16.7. The van der Waals surface area contributed by atoms with E-state index in [2.05, 4.69) is 20.6 Å². The van der Waals surface area contributed by atoms with Crippen molar-refractivity contribution in [2.45, 2.75) is 20.0 Å². The molecule has 0 spiro atoms. The average molecular weight is 385 g/mol. The maximum atomic E-state index is 12.1. The molecule has 0 aliphatic heterocycles. The predicted octanol–water partition coefficient (Wildman–Crippen LogP) is 3.67. The van der Waals surface area contributed by atoms with Gasteiger partial charge in [0.05, 0.1) is 16.3 Å². The van der Waals surface area contributed by atoms with Crippen LogP contribution in [0.4, 0.5) is 0 Å². The van der Waals surface area contributed by atoms with Crippen molar-refractivity contribution in [3.8, 4) is 21.5 Å². The summed E-state index contributed by atoms with van der Waals surface area (Å²) in [7, 11) is 0. The van der Waals surface area contributed by atoms with Crippen molar-refractivity contribution >= 4 is 28.6 Å². The highest BCUT2D eigenvalue weighted by atomic mass is 32.1. The van der Waals surface area contributed by atoms with E-state index in [-0.39, 0.29) is 5.91 Å². The van der Waals surface area contributed by atoms with Gasteiger partial charge in [-0.3, -0.25) is 9.48 Å². The van der Waals surface area contributed by atoms with E-state index in [9.17, 15) is 4.79 Å². The maximum absolute atomic E-state index is 12.1. The van der Waals surface area contributed by atoms with Gasteiger partial charge >= 0.3 is 0 Å². The lowest BCUT2D eigenvalue weighted by Gasteiger charge is -2.00. The Kier molecular flexibility index (Phi) is 4.63. The first-order valence-corrected chi connectivity index (χ1v) is 9.71. The van der Waals surface area contributed by atoms with Gasteiger partial charge in [0, 0.05) is 17.6 Å². The summed E-state index contributed by atoms with van der Waals surface area (Å²) in [6.07, 6.45) is 1.79. The number of nitrogens with one attached hydrogen (secondary N) is 1. The number of aryl methyl sites for hydroxylation is 1. The SMILES string of the molecule is CCn1ccc(C(=O)NCc2ccc(-c3nc(-c4cccs4)no3)s2)n1. The number of thiophene rings is 2. The number of carbonyl (C=O) groups excluding carboxylic acids is 1. The van der Waals surface area contributed by atoms with E-state index in [0.717, 1.165) is 21.2 Å². The molecule has 0 fully saturated rings. The van der Waals surface area contributed by atoms with Gasteiger partial charge in [0.2, 0.25) is 5.82 Å². The monoisotopic (exact) mass is 385 g/mol. The van der Waals surface area contributed by atoms with Gasteiger partial charge in [-0.1, -0.05) is 11.2 Å². The summed E-state index contributed by atoms with van der Waals surface area (Å²) in [5, 5.41) is 13.1. The molecule has 0 saturated carbocycles. The molecule has 0 radical (unpaired) electrons. The molecule has 0 unspecified atom stereocenters. The maximum Gasteiger partial charge on any atom is 0.272 e. The van der Waals surface area contributed by atoms with E-state index in [1.165, 1.54) is 11.3 Å². The molecule has 0 aliphatic rings. The van der Waals surface area contributed by atoms with Crippen LogP contribution in [-0.2, 0) is 13.1 Å². The minimum atomic E-state index is -0.190. The van der Waals surface area contributed by atoms with Crippen molar-refractivity contribution in [1.82, 2.24) is 25.2 Å². The fraction of sp³-hybridized carbons (Fsp3) is 0.176. The van der Waals surface area contributed by atoms with E-state index in [0.29, 0.717) is 24.0 Å². The summed E-state index contributed by atoms with van der Waals surface area (Å²) in [5.74, 6) is 0.882. The summed E-state index contributed by atoms with van der Waals surface area (Å²) in [5.41, 5.74) is 0.418. The van der Waals surface area contributed by atoms with Crippen LogP contribution in [0.25, 0.3) is 21.5 Å². The molecule has 0 bridgehead atoms. The fourth-order valence-electron chi connectivity index (χ4n) is 2.33. The van der Waals surface area contributed by atoms with Crippen molar-refractivity contribution in [3.63, 3.8) is 0 Å². The Bertz CT molecular complexity index is 1020. The number of hydrogen-bond donors (Lipinski definition) is 1. The molecule has 9 heteroatoms. The van der Waals surface area contributed by atoms with Crippen LogP contribution in [0.5, 0.6) is 0 Å². The highest BCUT2D eigenvalue weighted by molar-refractivity contribution is 7.15. The van der Waals surface area contributed by atoms with E-state index < -0.39 is 0 Å². The third-order valence-electron chi connectivity index (χ3n) is 3.66. The molecule has 26 heavy (non-hydrogen) atoms. The Balaban J connectivity index is 1.41. The Labute approximate surface area is 157 Å². The lowest BCUT2D eigenvalue weighted by Crippen LogP contribution is -2.23. The summed E-state index contributed by atoms with van der Waals surface area (Å²) >= 11 is 3.08. The molecular weight excluding hydrogens is 370 g/mol. The molecule has 0 aromatic carbocycles. The van der Waals surface area contributed by atoms with Crippen molar-refractivity contribution in [3.05, 3.63) is 52.5 Å². The van der Waals surface area contributed by atoms with Crippen LogP contribution >= 0.6 is 22.7 Å². The van der Waals surface area contributed by atoms with E-state index in [4.69, 9.17) is 4.52 Å². The zero-order valence-corrected chi connectivity index (χ0v) is 15.5. The smallest absolute Gasteiger partial charge is 0.272 e. The quantitative estimate of drug-likeness (QED) is 0.547. The van der Waals surface area contributed by atoms with Gasteiger partial charge in [0.15, 0.2) is 0 Å². The molecule has 0 atom stereocenters. The van der Waals surface area contributed by atoms with Crippen LogP contribution in [0.3, 0.4) is 0 Å². The number of nitrogens with zero attached hydrogens (tertiary/aromatic N) is 4. The van der Waals surface area contributed by atoms with E-state index >= 15 is 0 Å². The van der Waals surface area contributed by atoms with Crippen LogP contribution < -0.4 is 5.32 Å². The second-order valence-corrected chi connectivity index (χ2v) is 7.52. The molecule has 4 aromatic heterocycles. The second kappa shape index (κ2) is 7.22. The molecule has 0 aliphatic carbocycles. The zero-order valence-electron chi connectivity index (χ0n) is 13.9. The molecule has 1 amide bonds. The molecular formula is C17H15N5O2S2. The van der Waals surface area contributed by atoms with Crippen molar-refractivity contribution in [2.75, 3.05) is 0 Å². The largest absolute Gasteiger partial charge is 0.346 e. The third kappa shape index (κ3) is 3.44. The lowest BCUT2D eigenvalue weighted by molar-refractivity contribution is 0.0945. The highest BCUT2D eigenvalue weighted by Gasteiger charge is 2.14. The Morgan fingerprint density at radius 3 is 2.96 bits per heavy atom. The minimum absolute atomic E-state index is 0.190. The third-order valence-corrected chi connectivity index (χ3v) is 5.60. The highest BCUT2D eigenvalue weighted by Crippen LogP contribution is 2.29. The fourth-order valence-corrected chi connectivity index (χ4v) is 3.85. The van der Waals surface area contributed by atoms with Gasteiger partial charge in [-0.15, -0.1) is 22.7 Å². The summed E-state index contributed by atoms with van der Waals surface area (Å²) in [4.78, 5) is 19.4. The van der Waals surface area contributed by atoms with Crippen LogP contribution in [0.2, 0.25) is 0 Å². The van der Waals surface area contributed by atoms with Crippen LogP contribution in [0, 0.1) is 0 Å². The van der Waals surface area contributed by atoms with Gasteiger partial charge in [-0.25, -0.2) is 0 Å². The van der Waals surface area contributed by atoms with Gasteiger partial charge in [-0.05, 0) is 36.6 Å². The van der Waals surface area contributed by atoms with Crippen molar-refractivity contribution in [2.24, 2.45) is 0 Å².